The number of nitrogens with one attached hydrogen (secondary N) is 1. The van der Waals surface area contributed by atoms with Crippen LogP contribution in [0.5, 0.6) is 0 Å². The predicted molar refractivity (Wildman–Crippen MR) is 110 cm³/mol. The number of carbonyl (C=O) groups is 2. The normalized spacial score (nSPS) is 11.3. The molecule has 0 atom stereocenters. The Morgan fingerprint density at radius 2 is 1.43 bits per heavy atom. The van der Waals surface area contributed by atoms with Gasteiger partial charge in [0.25, 0.3) is 5.91 Å². The highest BCUT2D eigenvalue weighted by atomic mass is 32.2. The molecule has 0 aromatic heterocycles. The zero-order chi connectivity index (χ0) is 21.7. The lowest BCUT2D eigenvalue weighted by Crippen LogP contribution is -2.27. The molecule has 1 amide bonds. The molecule has 0 heterocycles. The molecule has 3 aromatic carbocycles. The van der Waals surface area contributed by atoms with Crippen molar-refractivity contribution in [2.24, 2.45) is 0 Å². The molecule has 3 rings (SSSR count). The lowest BCUT2D eigenvalue weighted by atomic mass is 10.1. The molecule has 0 spiro atoms. The Hall–Kier alpha value is -3.49. The van der Waals surface area contributed by atoms with E-state index < -0.39 is 21.9 Å². The average molecular weight is 423 g/mol. The van der Waals surface area contributed by atoms with E-state index in [1.54, 1.807) is 6.07 Å². The van der Waals surface area contributed by atoms with Gasteiger partial charge in [-0.05, 0) is 35.9 Å². The van der Waals surface area contributed by atoms with E-state index in [2.05, 4.69) is 5.32 Å². The maximum Gasteiger partial charge on any atom is 0.256 e. The largest absolute Gasteiger partial charge is 0.545 e. The third-order valence-electron chi connectivity index (χ3n) is 4.46. The number of amides is 1. The number of carbonyl (C=O) groups excluding carboxylic acids is 2. The summed E-state index contributed by atoms with van der Waals surface area (Å²) < 4.78 is 26.8. The Kier molecular flexibility index (Phi) is 6.29. The summed E-state index contributed by atoms with van der Waals surface area (Å²) >= 11 is 0. The monoisotopic (exact) mass is 423 g/mol. The SMILES string of the molecule is CN(Cc1ccccc1)S(=O)(=O)c1ccc(NC(=O)c2ccccc2C(=O)[O-])cc1. The standard InChI is InChI=1S/C22H20N2O5S/c1-24(15-16-7-3-2-4-8-16)30(28,29)18-13-11-17(12-14-18)23-21(25)19-9-5-6-10-20(19)22(26)27/h2-14H,15H2,1H3,(H,23,25)(H,26,27)/p-1. The molecule has 154 valence electrons. The van der Waals surface area contributed by atoms with E-state index in [1.807, 2.05) is 30.3 Å². The van der Waals surface area contributed by atoms with Crippen LogP contribution in [0.25, 0.3) is 0 Å². The van der Waals surface area contributed by atoms with Gasteiger partial charge in [0.2, 0.25) is 10.0 Å². The van der Waals surface area contributed by atoms with Gasteiger partial charge in [0.05, 0.1) is 10.9 Å². The van der Waals surface area contributed by atoms with E-state index in [0.29, 0.717) is 5.69 Å². The maximum absolute atomic E-state index is 12.8. The van der Waals surface area contributed by atoms with Gasteiger partial charge in [-0.1, -0.05) is 48.5 Å². The smallest absolute Gasteiger partial charge is 0.256 e. The Balaban J connectivity index is 1.74. The van der Waals surface area contributed by atoms with Gasteiger partial charge < -0.3 is 15.2 Å². The van der Waals surface area contributed by atoms with Crippen LogP contribution in [-0.4, -0.2) is 31.6 Å². The van der Waals surface area contributed by atoms with Crippen molar-refractivity contribution in [2.75, 3.05) is 12.4 Å². The molecule has 0 saturated heterocycles. The van der Waals surface area contributed by atoms with E-state index in [0.717, 1.165) is 5.56 Å². The van der Waals surface area contributed by atoms with Crippen molar-refractivity contribution >= 4 is 27.6 Å². The Labute approximate surface area is 174 Å². The number of carboxylic acid groups (broad SMARTS) is 1. The van der Waals surface area contributed by atoms with Gasteiger partial charge in [0.1, 0.15) is 0 Å². The van der Waals surface area contributed by atoms with Crippen LogP contribution >= 0.6 is 0 Å². The summed E-state index contributed by atoms with van der Waals surface area (Å²) in [5, 5.41) is 13.7. The molecule has 0 saturated carbocycles. The van der Waals surface area contributed by atoms with Crippen molar-refractivity contribution in [2.45, 2.75) is 11.4 Å². The summed E-state index contributed by atoms with van der Waals surface area (Å²) in [6, 6.07) is 20.6. The van der Waals surface area contributed by atoms with Crippen LogP contribution in [0.15, 0.2) is 83.8 Å². The van der Waals surface area contributed by atoms with Crippen LogP contribution in [0.1, 0.15) is 26.3 Å². The fourth-order valence-electron chi connectivity index (χ4n) is 2.87. The van der Waals surface area contributed by atoms with Crippen molar-refractivity contribution in [3.63, 3.8) is 0 Å². The van der Waals surface area contributed by atoms with Crippen molar-refractivity contribution in [1.82, 2.24) is 4.31 Å². The highest BCUT2D eigenvalue weighted by molar-refractivity contribution is 7.89. The zero-order valence-electron chi connectivity index (χ0n) is 16.1. The van der Waals surface area contributed by atoms with Crippen LogP contribution in [0.3, 0.4) is 0 Å². The number of hydrogen-bond acceptors (Lipinski definition) is 5. The molecule has 3 aromatic rings. The molecular formula is C22H19N2O5S-. The average Bonchev–Trinajstić information content (AvgIpc) is 2.74. The van der Waals surface area contributed by atoms with E-state index in [-0.39, 0.29) is 22.6 Å². The molecular weight excluding hydrogens is 404 g/mol. The molecule has 30 heavy (non-hydrogen) atoms. The van der Waals surface area contributed by atoms with Crippen LogP contribution in [0.4, 0.5) is 5.69 Å². The molecule has 0 unspecified atom stereocenters. The van der Waals surface area contributed by atoms with E-state index in [4.69, 9.17) is 0 Å². The van der Waals surface area contributed by atoms with Crippen LogP contribution in [0, 0.1) is 0 Å². The maximum atomic E-state index is 12.8. The molecule has 0 radical (unpaired) electrons. The van der Waals surface area contributed by atoms with Crippen molar-refractivity contribution in [3.8, 4) is 0 Å². The van der Waals surface area contributed by atoms with Crippen molar-refractivity contribution in [3.05, 3.63) is 95.6 Å². The minimum Gasteiger partial charge on any atom is -0.545 e. The minimum absolute atomic E-state index is 0.0446. The first-order chi connectivity index (χ1) is 14.3. The van der Waals surface area contributed by atoms with Gasteiger partial charge in [-0.2, -0.15) is 4.31 Å². The molecule has 0 aliphatic heterocycles. The van der Waals surface area contributed by atoms with Gasteiger partial charge in [-0.3, -0.25) is 4.79 Å². The first-order valence-corrected chi connectivity index (χ1v) is 10.4. The summed E-state index contributed by atoms with van der Waals surface area (Å²) in [6.45, 7) is 0.224. The topological polar surface area (TPSA) is 107 Å². The van der Waals surface area contributed by atoms with Gasteiger partial charge >= 0.3 is 0 Å². The predicted octanol–water partition coefficient (Wildman–Crippen LogP) is 2.12. The molecule has 1 N–H and O–H groups in total. The van der Waals surface area contributed by atoms with Gasteiger partial charge in [-0.25, -0.2) is 8.42 Å². The number of rotatable bonds is 7. The number of hydrogen-bond donors (Lipinski definition) is 1. The quantitative estimate of drug-likeness (QED) is 0.627. The fourth-order valence-corrected chi connectivity index (χ4v) is 4.03. The second-order valence-corrected chi connectivity index (χ2v) is 8.60. The molecule has 7 nitrogen and oxygen atoms in total. The van der Waals surface area contributed by atoms with Crippen LogP contribution in [0.2, 0.25) is 0 Å². The number of nitrogens with zero attached hydrogens (tertiary/aromatic N) is 1. The van der Waals surface area contributed by atoms with E-state index in [9.17, 15) is 23.1 Å². The molecule has 8 heteroatoms. The summed E-state index contributed by atoms with van der Waals surface area (Å²) in [7, 11) is -2.22. The number of benzene rings is 3. The lowest BCUT2D eigenvalue weighted by Gasteiger charge is -2.17. The second kappa shape index (κ2) is 8.89. The highest BCUT2D eigenvalue weighted by Gasteiger charge is 2.21. The number of carboxylic acids is 1. The number of sulfonamides is 1. The Bertz CT molecular complexity index is 1160. The van der Waals surface area contributed by atoms with Gasteiger partial charge in [0.15, 0.2) is 0 Å². The first-order valence-electron chi connectivity index (χ1n) is 9.01. The van der Waals surface area contributed by atoms with E-state index in [1.165, 1.54) is 53.8 Å². The summed E-state index contributed by atoms with van der Waals surface area (Å²) in [4.78, 5) is 23.6. The summed E-state index contributed by atoms with van der Waals surface area (Å²) in [5.74, 6) is -2.09. The van der Waals surface area contributed by atoms with Crippen molar-refractivity contribution < 1.29 is 23.1 Å². The summed E-state index contributed by atoms with van der Waals surface area (Å²) in [5.41, 5.74) is 0.922. The number of aromatic carboxylic acids is 1. The third kappa shape index (κ3) is 4.73. The first kappa shape index (κ1) is 21.2. The molecule has 0 fully saturated rings. The van der Waals surface area contributed by atoms with Crippen molar-refractivity contribution in [1.29, 1.82) is 0 Å². The van der Waals surface area contributed by atoms with Gasteiger partial charge in [0, 0.05) is 30.4 Å². The number of anilines is 1. The van der Waals surface area contributed by atoms with Gasteiger partial charge in [-0.15, -0.1) is 0 Å². The van der Waals surface area contributed by atoms with Crippen LogP contribution in [-0.2, 0) is 16.6 Å². The zero-order valence-corrected chi connectivity index (χ0v) is 16.9. The fraction of sp³-hybridized carbons (Fsp3) is 0.0909. The highest BCUT2D eigenvalue weighted by Crippen LogP contribution is 2.20. The summed E-state index contributed by atoms with van der Waals surface area (Å²) in [6.07, 6.45) is 0. The third-order valence-corrected chi connectivity index (χ3v) is 6.28. The lowest BCUT2D eigenvalue weighted by molar-refractivity contribution is -0.255. The Morgan fingerprint density at radius 1 is 0.867 bits per heavy atom. The molecule has 0 aliphatic rings. The molecule has 0 bridgehead atoms. The van der Waals surface area contributed by atoms with E-state index >= 15 is 0 Å². The Morgan fingerprint density at radius 3 is 2.03 bits per heavy atom. The minimum atomic E-state index is -3.72. The second-order valence-electron chi connectivity index (χ2n) is 6.56. The van der Waals surface area contributed by atoms with Crippen LogP contribution < -0.4 is 10.4 Å². The molecule has 0 aliphatic carbocycles.